The average Bonchev–Trinajstić information content (AvgIpc) is 2.64. The maximum absolute atomic E-state index is 10.8. The summed E-state index contributed by atoms with van der Waals surface area (Å²) in [5.41, 5.74) is 1.74. The maximum Gasteiger partial charge on any atom is 0.307 e. The fourth-order valence-corrected chi connectivity index (χ4v) is 3.04. The molecule has 2 aliphatic rings. The zero-order valence-electron chi connectivity index (χ0n) is 9.48. The molecule has 1 aliphatic carbocycles. The highest BCUT2D eigenvalue weighted by atomic mass is 35.5. The number of hydrogen-bond donors (Lipinski definition) is 2. The summed E-state index contributed by atoms with van der Waals surface area (Å²) >= 11 is 6.10. The number of rotatable bonds is 3. The van der Waals surface area contributed by atoms with E-state index in [0.717, 1.165) is 24.5 Å². The van der Waals surface area contributed by atoms with Crippen LogP contribution < -0.4 is 0 Å². The number of aromatic nitrogens is 2. The first kappa shape index (κ1) is 11.0. The van der Waals surface area contributed by atoms with Crippen LogP contribution in [0.1, 0.15) is 11.4 Å². The quantitative estimate of drug-likeness (QED) is 0.850. The number of likely N-dealkylation sites (tertiary alicyclic amines) is 1. The van der Waals surface area contributed by atoms with E-state index in [4.69, 9.17) is 16.7 Å². The first-order chi connectivity index (χ1) is 8.08. The summed E-state index contributed by atoms with van der Waals surface area (Å²) in [4.78, 5) is 13.1. The highest BCUT2D eigenvalue weighted by molar-refractivity contribution is 6.31. The second-order valence-electron chi connectivity index (χ2n) is 5.00. The van der Waals surface area contributed by atoms with Crippen LogP contribution in [0.15, 0.2) is 0 Å². The molecule has 0 amide bonds. The lowest BCUT2D eigenvalue weighted by Gasteiger charge is -2.17. The highest BCUT2D eigenvalue weighted by Gasteiger charge is 2.59. The molecule has 0 aromatic carbocycles. The minimum atomic E-state index is -0.645. The van der Waals surface area contributed by atoms with Crippen molar-refractivity contribution in [1.82, 2.24) is 15.1 Å². The van der Waals surface area contributed by atoms with Gasteiger partial charge in [-0.05, 0) is 18.8 Å². The summed E-state index contributed by atoms with van der Waals surface area (Å²) in [5, 5.41) is 16.6. The largest absolute Gasteiger partial charge is 0.481 e. The molecule has 0 radical (unpaired) electrons. The van der Waals surface area contributed by atoms with Gasteiger partial charge in [0.2, 0.25) is 0 Å². The molecule has 1 saturated heterocycles. The first-order valence-electron chi connectivity index (χ1n) is 5.72. The molecule has 1 aliphatic heterocycles. The third-order valence-corrected chi connectivity index (χ3v) is 4.37. The second-order valence-corrected chi connectivity index (χ2v) is 5.37. The lowest BCUT2D eigenvalue weighted by molar-refractivity contribution is -0.139. The van der Waals surface area contributed by atoms with Gasteiger partial charge in [-0.2, -0.15) is 5.10 Å². The van der Waals surface area contributed by atoms with Crippen molar-refractivity contribution in [2.75, 3.05) is 13.1 Å². The molecule has 92 valence electrons. The SMILES string of the molecule is Cc1[nH]nc(CN2C[C@@H]3C(C(=O)O)[C@@H]3C2)c1Cl. The van der Waals surface area contributed by atoms with Crippen molar-refractivity contribution in [3.05, 3.63) is 16.4 Å². The third-order valence-electron chi connectivity index (χ3n) is 3.87. The molecule has 6 heteroatoms. The van der Waals surface area contributed by atoms with E-state index < -0.39 is 5.97 Å². The number of nitrogens with one attached hydrogen (secondary N) is 1. The van der Waals surface area contributed by atoms with E-state index >= 15 is 0 Å². The van der Waals surface area contributed by atoms with Gasteiger partial charge in [0.05, 0.1) is 22.3 Å². The number of nitrogens with zero attached hydrogens (tertiary/aromatic N) is 2. The molecular weight excluding hydrogens is 242 g/mol. The van der Waals surface area contributed by atoms with E-state index in [1.807, 2.05) is 6.92 Å². The number of halogens is 1. The Bertz CT molecular complexity index is 461. The van der Waals surface area contributed by atoms with Crippen molar-refractivity contribution < 1.29 is 9.90 Å². The fraction of sp³-hybridized carbons (Fsp3) is 0.636. The summed E-state index contributed by atoms with van der Waals surface area (Å²) in [6.07, 6.45) is 0. The summed E-state index contributed by atoms with van der Waals surface area (Å²) in [7, 11) is 0. The minimum absolute atomic E-state index is 0.109. The van der Waals surface area contributed by atoms with E-state index in [2.05, 4.69) is 15.1 Å². The molecule has 1 aromatic rings. The van der Waals surface area contributed by atoms with E-state index in [1.54, 1.807) is 0 Å². The Labute approximate surface area is 104 Å². The number of carboxylic acid groups (broad SMARTS) is 1. The molecule has 2 N–H and O–H groups in total. The van der Waals surface area contributed by atoms with Crippen LogP contribution in [0.25, 0.3) is 0 Å². The average molecular weight is 256 g/mol. The normalized spacial score (nSPS) is 31.5. The first-order valence-corrected chi connectivity index (χ1v) is 6.10. The molecule has 1 unspecified atom stereocenters. The Hall–Kier alpha value is -1.07. The van der Waals surface area contributed by atoms with Gasteiger partial charge < -0.3 is 5.11 Å². The minimum Gasteiger partial charge on any atom is -0.481 e. The molecule has 1 saturated carbocycles. The molecule has 3 rings (SSSR count). The summed E-state index contributed by atoms with van der Waals surface area (Å²) < 4.78 is 0. The molecule has 3 atom stereocenters. The van der Waals surface area contributed by atoms with Crippen molar-refractivity contribution in [3.8, 4) is 0 Å². The molecule has 0 spiro atoms. The van der Waals surface area contributed by atoms with Crippen LogP contribution in [0.3, 0.4) is 0 Å². The third kappa shape index (κ3) is 1.73. The van der Waals surface area contributed by atoms with Gasteiger partial charge >= 0.3 is 5.97 Å². The van der Waals surface area contributed by atoms with Crippen molar-refractivity contribution >= 4 is 17.6 Å². The van der Waals surface area contributed by atoms with Gasteiger partial charge in [-0.15, -0.1) is 0 Å². The standard InChI is InChI=1S/C11H14ClN3O2/c1-5-10(12)8(14-13-5)4-15-2-6-7(3-15)9(6)11(16)17/h6-7,9H,2-4H2,1H3,(H,13,14)(H,16,17)/t6-,7+,9?. The van der Waals surface area contributed by atoms with Crippen LogP contribution >= 0.6 is 11.6 Å². The summed E-state index contributed by atoms with van der Waals surface area (Å²) in [6.45, 7) is 4.30. The molecule has 2 fully saturated rings. The fourth-order valence-electron chi connectivity index (χ4n) is 2.89. The van der Waals surface area contributed by atoms with Crippen LogP contribution in [0, 0.1) is 24.7 Å². The molecule has 2 heterocycles. The number of hydrogen-bond acceptors (Lipinski definition) is 3. The van der Waals surface area contributed by atoms with Crippen LogP contribution in [-0.4, -0.2) is 39.3 Å². The monoisotopic (exact) mass is 255 g/mol. The van der Waals surface area contributed by atoms with Gasteiger partial charge in [0.15, 0.2) is 0 Å². The maximum atomic E-state index is 10.8. The number of aliphatic carboxylic acids is 1. The summed E-state index contributed by atoms with van der Waals surface area (Å²) in [6, 6.07) is 0. The number of aromatic amines is 1. The van der Waals surface area contributed by atoms with E-state index in [-0.39, 0.29) is 5.92 Å². The van der Waals surface area contributed by atoms with E-state index in [9.17, 15) is 4.79 Å². The Morgan fingerprint density at radius 3 is 2.71 bits per heavy atom. The Morgan fingerprint density at radius 1 is 1.59 bits per heavy atom. The van der Waals surface area contributed by atoms with Crippen molar-refractivity contribution in [2.24, 2.45) is 17.8 Å². The predicted molar refractivity (Wildman–Crippen MR) is 61.7 cm³/mol. The molecular formula is C11H14ClN3O2. The smallest absolute Gasteiger partial charge is 0.307 e. The van der Waals surface area contributed by atoms with Gasteiger partial charge in [0.25, 0.3) is 0 Å². The highest BCUT2D eigenvalue weighted by Crippen LogP contribution is 2.52. The zero-order chi connectivity index (χ0) is 12.2. The van der Waals surface area contributed by atoms with E-state index in [1.165, 1.54) is 0 Å². The number of H-pyrrole nitrogens is 1. The Kier molecular flexibility index (Phi) is 2.41. The van der Waals surface area contributed by atoms with E-state index in [0.29, 0.717) is 23.4 Å². The Morgan fingerprint density at radius 2 is 2.24 bits per heavy atom. The van der Waals surface area contributed by atoms with Gasteiger partial charge in [-0.3, -0.25) is 14.8 Å². The van der Waals surface area contributed by atoms with Crippen LogP contribution in [0.5, 0.6) is 0 Å². The van der Waals surface area contributed by atoms with Crippen LogP contribution in [0.4, 0.5) is 0 Å². The van der Waals surface area contributed by atoms with Gasteiger partial charge in [-0.25, -0.2) is 0 Å². The van der Waals surface area contributed by atoms with Crippen molar-refractivity contribution in [2.45, 2.75) is 13.5 Å². The summed E-state index contributed by atoms with van der Waals surface area (Å²) in [5.74, 6) is -0.0754. The zero-order valence-corrected chi connectivity index (χ0v) is 10.2. The number of carbonyl (C=O) groups is 1. The molecule has 1 aromatic heterocycles. The molecule has 5 nitrogen and oxygen atoms in total. The van der Waals surface area contributed by atoms with Gasteiger partial charge in [0, 0.05) is 19.6 Å². The van der Waals surface area contributed by atoms with Crippen molar-refractivity contribution in [1.29, 1.82) is 0 Å². The molecule has 0 bridgehead atoms. The predicted octanol–water partition coefficient (Wildman–Crippen LogP) is 1.13. The number of fused-ring (bicyclic) bond motifs is 1. The van der Waals surface area contributed by atoms with Gasteiger partial charge in [0.1, 0.15) is 0 Å². The van der Waals surface area contributed by atoms with Gasteiger partial charge in [-0.1, -0.05) is 11.6 Å². The Balaban J connectivity index is 1.60. The second kappa shape index (κ2) is 3.71. The topological polar surface area (TPSA) is 69.2 Å². The molecule has 17 heavy (non-hydrogen) atoms. The van der Waals surface area contributed by atoms with Crippen LogP contribution in [0.2, 0.25) is 5.02 Å². The lowest BCUT2D eigenvalue weighted by Crippen LogP contribution is -2.26. The number of carboxylic acids is 1. The number of aryl methyl sites for hydroxylation is 1. The van der Waals surface area contributed by atoms with Crippen molar-refractivity contribution in [3.63, 3.8) is 0 Å². The lowest BCUT2D eigenvalue weighted by atomic mass is 10.2. The number of piperidine rings is 1. The van der Waals surface area contributed by atoms with Crippen LogP contribution in [-0.2, 0) is 11.3 Å².